The molecule has 3 aromatic rings. The van der Waals surface area contributed by atoms with E-state index in [4.69, 9.17) is 0 Å². The van der Waals surface area contributed by atoms with E-state index >= 15 is 0 Å². The molecule has 0 atom stereocenters. The minimum Gasteiger partial charge on any atom is -0.258 e. The number of nitro groups is 1. The molecule has 0 aliphatic carbocycles. The molecule has 2 aromatic carbocycles. The van der Waals surface area contributed by atoms with Crippen LogP contribution in [0.4, 0.5) is 10.1 Å². The van der Waals surface area contributed by atoms with Gasteiger partial charge in [0.05, 0.1) is 15.5 Å². The van der Waals surface area contributed by atoms with E-state index < -0.39 is 14.9 Å². The van der Waals surface area contributed by atoms with Crippen molar-refractivity contribution in [2.75, 3.05) is 6.54 Å². The molecule has 0 saturated heterocycles. The van der Waals surface area contributed by atoms with E-state index in [2.05, 4.69) is 9.71 Å². The summed E-state index contributed by atoms with van der Waals surface area (Å²) < 4.78 is 39.9. The average Bonchev–Trinajstić information content (AvgIpc) is 3.11. The second-order valence-corrected chi connectivity index (χ2v) is 8.17. The molecular weight excluding hydrogens is 393 g/mol. The maximum Gasteiger partial charge on any atom is 0.269 e. The van der Waals surface area contributed by atoms with Crippen molar-refractivity contribution < 1.29 is 17.7 Å². The Kier molecular flexibility index (Phi) is 5.59. The average molecular weight is 407 g/mol. The van der Waals surface area contributed by atoms with E-state index in [0.717, 1.165) is 22.7 Å². The number of aromatic nitrogens is 1. The van der Waals surface area contributed by atoms with Crippen LogP contribution in [-0.4, -0.2) is 24.9 Å². The molecule has 0 spiro atoms. The van der Waals surface area contributed by atoms with Gasteiger partial charge in [0, 0.05) is 36.0 Å². The molecule has 7 nitrogen and oxygen atoms in total. The quantitative estimate of drug-likeness (QED) is 0.478. The Morgan fingerprint density at radius 3 is 2.41 bits per heavy atom. The molecule has 0 amide bonds. The zero-order chi connectivity index (χ0) is 19.4. The van der Waals surface area contributed by atoms with Crippen LogP contribution in [0.5, 0.6) is 0 Å². The summed E-state index contributed by atoms with van der Waals surface area (Å²) in [4.78, 5) is 14.4. The molecule has 3 rings (SSSR count). The highest BCUT2D eigenvalue weighted by molar-refractivity contribution is 7.89. The van der Waals surface area contributed by atoms with Crippen molar-refractivity contribution in [1.29, 1.82) is 0 Å². The maximum atomic E-state index is 13.0. The molecule has 0 fully saturated rings. The molecule has 0 bridgehead atoms. The maximum absolute atomic E-state index is 13.0. The summed E-state index contributed by atoms with van der Waals surface area (Å²) in [5, 5.41) is 13.2. The predicted molar refractivity (Wildman–Crippen MR) is 99.5 cm³/mol. The Bertz CT molecular complexity index is 1050. The first kappa shape index (κ1) is 19.1. The van der Waals surface area contributed by atoms with Crippen LogP contribution in [0.1, 0.15) is 5.69 Å². The predicted octanol–water partition coefficient (Wildman–Crippen LogP) is 3.38. The molecule has 1 aromatic heterocycles. The Morgan fingerprint density at radius 2 is 1.78 bits per heavy atom. The first-order valence-electron chi connectivity index (χ1n) is 7.79. The molecule has 0 radical (unpaired) electrons. The topological polar surface area (TPSA) is 102 Å². The van der Waals surface area contributed by atoms with Gasteiger partial charge in [0.1, 0.15) is 10.8 Å². The van der Waals surface area contributed by atoms with Crippen molar-refractivity contribution in [3.63, 3.8) is 0 Å². The van der Waals surface area contributed by atoms with Crippen molar-refractivity contribution in [1.82, 2.24) is 9.71 Å². The number of nitro benzene ring substituents is 1. The highest BCUT2D eigenvalue weighted by atomic mass is 32.2. The summed E-state index contributed by atoms with van der Waals surface area (Å²) in [7, 11) is -3.76. The van der Waals surface area contributed by atoms with E-state index in [0.29, 0.717) is 12.1 Å². The number of halogens is 1. The van der Waals surface area contributed by atoms with Crippen LogP contribution >= 0.6 is 11.3 Å². The lowest BCUT2D eigenvalue weighted by Crippen LogP contribution is -2.26. The fourth-order valence-corrected chi connectivity index (χ4v) is 4.18. The lowest BCUT2D eigenvalue weighted by Gasteiger charge is -2.05. The van der Waals surface area contributed by atoms with Crippen LogP contribution in [0.15, 0.2) is 58.8 Å². The third-order valence-electron chi connectivity index (χ3n) is 3.67. The van der Waals surface area contributed by atoms with Crippen molar-refractivity contribution >= 4 is 27.0 Å². The van der Waals surface area contributed by atoms with Gasteiger partial charge in [-0.2, -0.15) is 0 Å². The molecule has 0 aliphatic heterocycles. The zero-order valence-corrected chi connectivity index (χ0v) is 15.5. The molecule has 140 valence electrons. The molecule has 27 heavy (non-hydrogen) atoms. The minimum absolute atomic E-state index is 0.0432. The fourth-order valence-electron chi connectivity index (χ4n) is 2.29. The Morgan fingerprint density at radius 1 is 1.11 bits per heavy atom. The highest BCUT2D eigenvalue weighted by Gasteiger charge is 2.15. The summed E-state index contributed by atoms with van der Waals surface area (Å²) in [6.45, 7) is 0.131. The van der Waals surface area contributed by atoms with Gasteiger partial charge in [-0.15, -0.1) is 11.3 Å². The number of thiazole rings is 1. The number of hydrogen-bond acceptors (Lipinski definition) is 6. The number of rotatable bonds is 7. The normalized spacial score (nSPS) is 11.4. The van der Waals surface area contributed by atoms with Gasteiger partial charge in [-0.25, -0.2) is 22.5 Å². The molecule has 0 unspecified atom stereocenters. The van der Waals surface area contributed by atoms with Gasteiger partial charge in [-0.3, -0.25) is 10.1 Å². The van der Waals surface area contributed by atoms with Crippen LogP contribution in [0, 0.1) is 15.9 Å². The monoisotopic (exact) mass is 407 g/mol. The molecule has 1 heterocycles. The number of benzene rings is 2. The highest BCUT2D eigenvalue weighted by Crippen LogP contribution is 2.24. The van der Waals surface area contributed by atoms with Crippen molar-refractivity contribution in [3.8, 4) is 10.6 Å². The number of non-ortho nitro benzene ring substituents is 1. The second-order valence-electron chi connectivity index (χ2n) is 5.55. The van der Waals surface area contributed by atoms with Crippen LogP contribution in [-0.2, 0) is 16.4 Å². The molecule has 0 saturated carbocycles. The van der Waals surface area contributed by atoms with Gasteiger partial charge in [-0.1, -0.05) is 0 Å². The standard InChI is InChI=1S/C17H14FN3O4S2/c18-13-3-1-12(2-4-13)17-20-14(11-26-17)9-10-19-27(24,25)16-7-5-15(6-8-16)21(22)23/h1-8,11,19H,9-10H2. The summed E-state index contributed by atoms with van der Waals surface area (Å²) in [5.41, 5.74) is 1.33. The number of nitrogens with zero attached hydrogens (tertiary/aromatic N) is 2. The largest absolute Gasteiger partial charge is 0.269 e. The van der Waals surface area contributed by atoms with Gasteiger partial charge < -0.3 is 0 Å². The van der Waals surface area contributed by atoms with E-state index in [9.17, 15) is 22.9 Å². The van der Waals surface area contributed by atoms with Crippen LogP contribution in [0.3, 0.4) is 0 Å². The second kappa shape index (κ2) is 7.91. The summed E-state index contributed by atoms with van der Waals surface area (Å²) >= 11 is 1.39. The van der Waals surface area contributed by atoms with Crippen molar-refractivity contribution in [2.45, 2.75) is 11.3 Å². The van der Waals surface area contributed by atoms with Crippen molar-refractivity contribution in [2.24, 2.45) is 0 Å². The number of nitrogens with one attached hydrogen (secondary N) is 1. The lowest BCUT2D eigenvalue weighted by atomic mass is 10.2. The van der Waals surface area contributed by atoms with E-state index in [1.165, 1.54) is 35.6 Å². The van der Waals surface area contributed by atoms with Crippen LogP contribution in [0.25, 0.3) is 10.6 Å². The molecule has 0 aliphatic rings. The first-order valence-corrected chi connectivity index (χ1v) is 10.2. The smallest absolute Gasteiger partial charge is 0.258 e. The number of hydrogen-bond donors (Lipinski definition) is 1. The third-order valence-corrected chi connectivity index (χ3v) is 6.09. The summed E-state index contributed by atoms with van der Waals surface area (Å²) in [5.74, 6) is -0.323. The van der Waals surface area contributed by atoms with Gasteiger partial charge in [0.15, 0.2) is 0 Å². The Hall–Kier alpha value is -2.69. The number of sulfonamides is 1. The third kappa shape index (κ3) is 4.73. The van der Waals surface area contributed by atoms with E-state index in [1.807, 2.05) is 5.38 Å². The fraction of sp³-hybridized carbons (Fsp3) is 0.118. The summed E-state index contributed by atoms with van der Waals surface area (Å²) in [6.07, 6.45) is 0.379. The van der Waals surface area contributed by atoms with Crippen LogP contribution in [0.2, 0.25) is 0 Å². The SMILES string of the molecule is O=[N+]([O-])c1ccc(S(=O)(=O)NCCc2csc(-c3ccc(F)cc3)n2)cc1. The first-order chi connectivity index (χ1) is 12.8. The van der Waals surface area contributed by atoms with Gasteiger partial charge in [0.25, 0.3) is 5.69 Å². The van der Waals surface area contributed by atoms with Gasteiger partial charge in [0.2, 0.25) is 10.0 Å². The molecule has 10 heteroatoms. The summed E-state index contributed by atoms with van der Waals surface area (Å²) in [6, 6.07) is 10.6. The van der Waals surface area contributed by atoms with E-state index in [1.54, 1.807) is 12.1 Å². The van der Waals surface area contributed by atoms with Crippen LogP contribution < -0.4 is 4.72 Å². The minimum atomic E-state index is -3.76. The zero-order valence-electron chi connectivity index (χ0n) is 13.8. The molecular formula is C17H14FN3O4S2. The molecule has 1 N–H and O–H groups in total. The van der Waals surface area contributed by atoms with Gasteiger partial charge in [-0.05, 0) is 36.4 Å². The Labute approximate surface area is 158 Å². The van der Waals surface area contributed by atoms with Crippen molar-refractivity contribution in [3.05, 3.63) is 75.5 Å². The van der Waals surface area contributed by atoms with Gasteiger partial charge >= 0.3 is 0 Å². The van der Waals surface area contributed by atoms with E-state index in [-0.39, 0.29) is 22.9 Å². The Balaban J connectivity index is 1.60. The lowest BCUT2D eigenvalue weighted by molar-refractivity contribution is -0.384.